The first kappa shape index (κ1) is 22.4. The summed E-state index contributed by atoms with van der Waals surface area (Å²) in [5, 5.41) is 7.47. The van der Waals surface area contributed by atoms with E-state index in [2.05, 4.69) is 25.3 Å². The van der Waals surface area contributed by atoms with Crippen LogP contribution < -0.4 is 19.7 Å². The predicted molar refractivity (Wildman–Crippen MR) is 126 cm³/mol. The molecule has 0 saturated carbocycles. The van der Waals surface area contributed by atoms with Crippen LogP contribution in [0.5, 0.6) is 11.5 Å². The summed E-state index contributed by atoms with van der Waals surface area (Å²) in [4.78, 5) is 25.9. The monoisotopic (exact) mass is 451 g/mol. The van der Waals surface area contributed by atoms with Gasteiger partial charge in [0, 0.05) is 49.7 Å². The highest BCUT2D eigenvalue weighted by Crippen LogP contribution is 2.30. The number of benzene rings is 1. The predicted octanol–water partition coefficient (Wildman–Crippen LogP) is 2.96. The van der Waals surface area contributed by atoms with Crippen molar-refractivity contribution in [1.29, 1.82) is 0 Å². The van der Waals surface area contributed by atoms with E-state index in [1.807, 2.05) is 37.6 Å². The molecule has 33 heavy (non-hydrogen) atoms. The summed E-state index contributed by atoms with van der Waals surface area (Å²) in [5.41, 5.74) is 2.62. The number of carbonyl (C=O) groups excluding carboxylic acids is 1. The van der Waals surface area contributed by atoms with Gasteiger partial charge in [-0.1, -0.05) is 0 Å². The number of carbonyl (C=O) groups is 1. The van der Waals surface area contributed by atoms with Crippen molar-refractivity contribution in [2.24, 2.45) is 0 Å². The second kappa shape index (κ2) is 9.35. The van der Waals surface area contributed by atoms with Gasteiger partial charge in [-0.25, -0.2) is 19.4 Å². The molecule has 4 rings (SSSR count). The zero-order valence-corrected chi connectivity index (χ0v) is 19.6. The Hall–Kier alpha value is -3.82. The Morgan fingerprint density at radius 3 is 2.24 bits per heavy atom. The van der Waals surface area contributed by atoms with Crippen LogP contribution in [-0.4, -0.2) is 71.1 Å². The molecule has 10 heteroatoms. The molecule has 1 aliphatic rings. The number of rotatable bonds is 5. The summed E-state index contributed by atoms with van der Waals surface area (Å²) in [6.07, 6.45) is 0. The van der Waals surface area contributed by atoms with Crippen LogP contribution in [0.15, 0.2) is 30.3 Å². The first-order valence-electron chi connectivity index (χ1n) is 10.8. The molecule has 174 valence electrons. The molecule has 3 aromatic rings. The SMILES string of the molecule is COc1ccc(NC(=O)N2CCN(c3cc(-n4nc(C)cc4C)nc(C)n3)CC2)cc1OC. The van der Waals surface area contributed by atoms with Crippen molar-refractivity contribution in [2.45, 2.75) is 20.8 Å². The lowest BCUT2D eigenvalue weighted by molar-refractivity contribution is 0.208. The first-order chi connectivity index (χ1) is 15.9. The molecule has 10 nitrogen and oxygen atoms in total. The van der Waals surface area contributed by atoms with E-state index >= 15 is 0 Å². The summed E-state index contributed by atoms with van der Waals surface area (Å²) >= 11 is 0. The zero-order chi connectivity index (χ0) is 23.5. The number of aryl methyl sites for hydroxylation is 3. The highest BCUT2D eigenvalue weighted by atomic mass is 16.5. The molecule has 0 aliphatic carbocycles. The molecule has 1 N–H and O–H groups in total. The maximum absolute atomic E-state index is 12.8. The van der Waals surface area contributed by atoms with Crippen molar-refractivity contribution in [3.63, 3.8) is 0 Å². The van der Waals surface area contributed by atoms with E-state index in [0.29, 0.717) is 49.2 Å². The molecule has 1 saturated heterocycles. The van der Waals surface area contributed by atoms with Gasteiger partial charge in [-0.2, -0.15) is 5.10 Å². The van der Waals surface area contributed by atoms with Gasteiger partial charge in [0.05, 0.1) is 19.9 Å². The fourth-order valence-corrected chi connectivity index (χ4v) is 3.92. The number of urea groups is 1. The van der Waals surface area contributed by atoms with Gasteiger partial charge < -0.3 is 24.6 Å². The summed E-state index contributed by atoms with van der Waals surface area (Å²) in [6, 6.07) is 9.13. The number of amides is 2. The second-order valence-electron chi connectivity index (χ2n) is 7.94. The number of nitrogens with zero attached hydrogens (tertiary/aromatic N) is 6. The minimum atomic E-state index is -0.149. The van der Waals surface area contributed by atoms with Gasteiger partial charge in [0.2, 0.25) is 0 Å². The van der Waals surface area contributed by atoms with E-state index < -0.39 is 0 Å². The largest absolute Gasteiger partial charge is 0.493 e. The lowest BCUT2D eigenvalue weighted by Gasteiger charge is -2.35. The number of anilines is 2. The third-order valence-corrected chi connectivity index (χ3v) is 5.56. The second-order valence-corrected chi connectivity index (χ2v) is 7.94. The molecule has 0 unspecified atom stereocenters. The first-order valence-corrected chi connectivity index (χ1v) is 10.8. The van der Waals surface area contributed by atoms with Crippen molar-refractivity contribution < 1.29 is 14.3 Å². The molecule has 1 fully saturated rings. The van der Waals surface area contributed by atoms with E-state index in [1.165, 1.54) is 0 Å². The van der Waals surface area contributed by atoms with E-state index in [0.717, 1.165) is 23.0 Å². The summed E-state index contributed by atoms with van der Waals surface area (Å²) in [5.74, 6) is 3.45. The normalized spacial score (nSPS) is 13.7. The molecule has 2 aromatic heterocycles. The van der Waals surface area contributed by atoms with Crippen LogP contribution >= 0.6 is 0 Å². The standard InChI is InChI=1S/C23H29N7O3/c1-15-12-16(2)30(27-15)22-14-21(24-17(3)25-22)28-8-10-29(11-9-28)23(31)26-18-6-7-19(32-4)20(13-18)33-5/h6-7,12-14H,8-11H2,1-5H3,(H,26,31). The maximum Gasteiger partial charge on any atom is 0.321 e. The smallest absolute Gasteiger partial charge is 0.321 e. The van der Waals surface area contributed by atoms with E-state index in [4.69, 9.17) is 9.47 Å². The van der Waals surface area contributed by atoms with E-state index in [-0.39, 0.29) is 6.03 Å². The molecular weight excluding hydrogens is 422 g/mol. The minimum absolute atomic E-state index is 0.149. The quantitative estimate of drug-likeness (QED) is 0.637. The van der Waals surface area contributed by atoms with Gasteiger partial charge in [-0.3, -0.25) is 0 Å². The minimum Gasteiger partial charge on any atom is -0.493 e. The Morgan fingerprint density at radius 1 is 0.909 bits per heavy atom. The average Bonchev–Trinajstić information content (AvgIpc) is 3.16. The van der Waals surface area contributed by atoms with Crippen LogP contribution in [0.1, 0.15) is 17.2 Å². The number of nitrogens with one attached hydrogen (secondary N) is 1. The van der Waals surface area contributed by atoms with Crippen molar-refractivity contribution in [3.05, 3.63) is 47.5 Å². The number of ether oxygens (including phenoxy) is 2. The van der Waals surface area contributed by atoms with Crippen molar-refractivity contribution in [3.8, 4) is 17.3 Å². The Labute approximate surface area is 193 Å². The highest BCUT2D eigenvalue weighted by molar-refractivity contribution is 5.90. The Kier molecular flexibility index (Phi) is 6.34. The summed E-state index contributed by atoms with van der Waals surface area (Å²) in [7, 11) is 3.15. The van der Waals surface area contributed by atoms with Gasteiger partial charge in [0.1, 0.15) is 11.6 Å². The van der Waals surface area contributed by atoms with Crippen LogP contribution in [0.2, 0.25) is 0 Å². The number of aromatic nitrogens is 4. The Morgan fingerprint density at radius 2 is 1.61 bits per heavy atom. The van der Waals surface area contributed by atoms with Gasteiger partial charge >= 0.3 is 6.03 Å². The topological polar surface area (TPSA) is 97.6 Å². The fourth-order valence-electron chi connectivity index (χ4n) is 3.92. The maximum atomic E-state index is 12.8. The Balaban J connectivity index is 1.42. The van der Waals surface area contributed by atoms with E-state index in [9.17, 15) is 4.79 Å². The van der Waals surface area contributed by atoms with Crippen molar-refractivity contribution in [1.82, 2.24) is 24.6 Å². The molecule has 0 bridgehead atoms. The van der Waals surface area contributed by atoms with Crippen molar-refractivity contribution in [2.75, 3.05) is 50.6 Å². The molecule has 2 amide bonds. The average molecular weight is 452 g/mol. The van der Waals surface area contributed by atoms with Gasteiger partial charge in [0.25, 0.3) is 0 Å². The molecule has 0 atom stereocenters. The lowest BCUT2D eigenvalue weighted by atomic mass is 10.2. The fraction of sp³-hybridized carbons (Fsp3) is 0.391. The lowest BCUT2D eigenvalue weighted by Crippen LogP contribution is -2.50. The van der Waals surface area contributed by atoms with Crippen LogP contribution in [0.25, 0.3) is 5.82 Å². The van der Waals surface area contributed by atoms with Crippen LogP contribution in [0.4, 0.5) is 16.3 Å². The number of hydrogen-bond acceptors (Lipinski definition) is 7. The van der Waals surface area contributed by atoms with Gasteiger partial charge in [-0.05, 0) is 39.0 Å². The third-order valence-electron chi connectivity index (χ3n) is 5.56. The third kappa shape index (κ3) is 4.84. The number of piperazine rings is 1. The Bertz CT molecular complexity index is 1150. The molecular formula is C23H29N7O3. The molecule has 1 aromatic carbocycles. The van der Waals surface area contributed by atoms with Crippen LogP contribution in [0, 0.1) is 20.8 Å². The highest BCUT2D eigenvalue weighted by Gasteiger charge is 2.23. The molecule has 3 heterocycles. The summed E-state index contributed by atoms with van der Waals surface area (Å²) < 4.78 is 12.4. The van der Waals surface area contributed by atoms with E-state index in [1.54, 1.807) is 37.3 Å². The number of hydrogen-bond donors (Lipinski definition) is 1. The van der Waals surface area contributed by atoms with Crippen LogP contribution in [0.3, 0.4) is 0 Å². The number of methoxy groups -OCH3 is 2. The van der Waals surface area contributed by atoms with Gasteiger partial charge in [0.15, 0.2) is 17.3 Å². The molecule has 0 spiro atoms. The van der Waals surface area contributed by atoms with Gasteiger partial charge in [-0.15, -0.1) is 0 Å². The van der Waals surface area contributed by atoms with Crippen molar-refractivity contribution >= 4 is 17.5 Å². The van der Waals surface area contributed by atoms with Crippen LogP contribution in [-0.2, 0) is 0 Å². The molecule has 1 aliphatic heterocycles. The zero-order valence-electron chi connectivity index (χ0n) is 19.6. The molecule has 0 radical (unpaired) electrons. The summed E-state index contributed by atoms with van der Waals surface area (Å²) in [6.45, 7) is 8.36.